The number of hydrogen-bond acceptors (Lipinski definition) is 8. The number of ether oxygens (including phenoxy) is 1. The van der Waals surface area contributed by atoms with E-state index in [0.29, 0.717) is 21.7 Å². The second-order valence-corrected chi connectivity index (χ2v) is 8.60. The second-order valence-electron chi connectivity index (χ2n) is 6.84. The first kappa shape index (κ1) is 24.7. The van der Waals surface area contributed by atoms with Crippen molar-refractivity contribution < 1.29 is 36.6 Å². The maximum absolute atomic E-state index is 15.6. The lowest BCUT2D eigenvalue weighted by atomic mass is 10.1. The van der Waals surface area contributed by atoms with Crippen LogP contribution in [-0.4, -0.2) is 46.5 Å². The highest BCUT2D eigenvalue weighted by Crippen LogP contribution is 2.34. The van der Waals surface area contributed by atoms with Gasteiger partial charge in [-0.25, -0.2) is 27.9 Å². The SMILES string of the molecule is CNC(OC(=O)/C=C/C(=O)O)c1cn(S(=O)(=O)c2cc(C)ccn2)c(-c2cccnc2F)c1F. The van der Waals surface area contributed by atoms with Crippen molar-refractivity contribution in [2.75, 3.05) is 7.05 Å². The number of carbonyl (C=O) groups is 2. The number of carboxylic acids is 1. The van der Waals surface area contributed by atoms with Crippen LogP contribution in [0, 0.1) is 18.7 Å². The van der Waals surface area contributed by atoms with Gasteiger partial charge < -0.3 is 9.84 Å². The minimum absolute atomic E-state index is 0.429. The molecular formula is C21H18F2N4O6S. The van der Waals surface area contributed by atoms with E-state index in [2.05, 4.69) is 15.3 Å². The van der Waals surface area contributed by atoms with E-state index in [1.807, 2.05) is 0 Å². The standard InChI is InChI=1S/C21H18F2N4O6S/c1-12-7-9-25-15(10-12)34(31,32)27-11-14(21(24-2)33-17(30)6-5-16(28)29)18(22)19(27)13-4-3-8-26-20(13)23/h3-11,21,24H,1-2H3,(H,28,29)/b6-5+. The minimum Gasteiger partial charge on any atom is -0.478 e. The zero-order chi connectivity index (χ0) is 25.0. The van der Waals surface area contributed by atoms with Gasteiger partial charge in [-0.15, -0.1) is 0 Å². The van der Waals surface area contributed by atoms with Crippen LogP contribution in [0.4, 0.5) is 8.78 Å². The third-order valence-electron chi connectivity index (χ3n) is 4.51. The second kappa shape index (κ2) is 9.89. The fourth-order valence-corrected chi connectivity index (χ4v) is 4.38. The number of carboxylic acid groups (broad SMARTS) is 1. The van der Waals surface area contributed by atoms with Gasteiger partial charge in [0.25, 0.3) is 10.0 Å². The van der Waals surface area contributed by atoms with Crippen LogP contribution in [0.3, 0.4) is 0 Å². The molecule has 2 N–H and O–H groups in total. The number of aryl methyl sites for hydroxylation is 1. The summed E-state index contributed by atoms with van der Waals surface area (Å²) in [6, 6.07) is 5.24. The quantitative estimate of drug-likeness (QED) is 0.209. The Balaban J connectivity index is 2.21. The van der Waals surface area contributed by atoms with Crippen LogP contribution in [0.25, 0.3) is 11.3 Å². The van der Waals surface area contributed by atoms with Crippen molar-refractivity contribution in [3.05, 3.63) is 77.9 Å². The molecule has 3 aromatic heterocycles. The number of aliphatic carboxylic acids is 1. The molecule has 178 valence electrons. The summed E-state index contributed by atoms with van der Waals surface area (Å²) in [7, 11) is -3.25. The average Bonchev–Trinajstić information content (AvgIpc) is 3.14. The van der Waals surface area contributed by atoms with Crippen molar-refractivity contribution in [1.82, 2.24) is 19.3 Å². The molecule has 34 heavy (non-hydrogen) atoms. The Kier molecular flexibility index (Phi) is 7.17. The van der Waals surface area contributed by atoms with Gasteiger partial charge in [0.15, 0.2) is 17.1 Å². The van der Waals surface area contributed by atoms with Gasteiger partial charge >= 0.3 is 11.9 Å². The Hall–Kier alpha value is -3.97. The Morgan fingerprint density at radius 3 is 2.56 bits per heavy atom. The molecule has 10 nitrogen and oxygen atoms in total. The number of rotatable bonds is 8. The van der Waals surface area contributed by atoms with Crippen molar-refractivity contribution in [2.24, 2.45) is 0 Å². The van der Waals surface area contributed by atoms with Crippen molar-refractivity contribution in [2.45, 2.75) is 18.2 Å². The molecule has 1 unspecified atom stereocenters. The van der Waals surface area contributed by atoms with Crippen LogP contribution in [-0.2, 0) is 24.3 Å². The molecule has 0 aliphatic carbocycles. The molecule has 0 aromatic carbocycles. The van der Waals surface area contributed by atoms with E-state index in [1.165, 1.54) is 25.4 Å². The number of nitrogens with zero attached hydrogens (tertiary/aromatic N) is 3. The first-order valence-corrected chi connectivity index (χ1v) is 11.0. The summed E-state index contributed by atoms with van der Waals surface area (Å²) in [5, 5.41) is 10.7. The Bertz CT molecular complexity index is 1390. The summed E-state index contributed by atoms with van der Waals surface area (Å²) >= 11 is 0. The minimum atomic E-state index is -4.54. The molecule has 0 saturated heterocycles. The highest BCUT2D eigenvalue weighted by Gasteiger charge is 2.32. The van der Waals surface area contributed by atoms with Gasteiger partial charge in [-0.2, -0.15) is 12.8 Å². The Labute approximate surface area is 192 Å². The van der Waals surface area contributed by atoms with Crippen molar-refractivity contribution >= 4 is 22.0 Å². The normalized spacial score (nSPS) is 12.6. The summed E-state index contributed by atoms with van der Waals surface area (Å²) < 4.78 is 62.4. The van der Waals surface area contributed by atoms with Crippen LogP contribution in [0.2, 0.25) is 0 Å². The van der Waals surface area contributed by atoms with E-state index in [1.54, 1.807) is 13.0 Å². The van der Waals surface area contributed by atoms with E-state index in [4.69, 9.17) is 9.84 Å². The topological polar surface area (TPSA) is 140 Å². The fraction of sp³-hybridized carbons (Fsp3) is 0.143. The third-order valence-corrected chi connectivity index (χ3v) is 6.06. The molecule has 0 aliphatic heterocycles. The number of carbonyl (C=O) groups excluding carboxylic acids is 1. The summed E-state index contributed by atoms with van der Waals surface area (Å²) in [6.07, 6.45) is 2.74. The van der Waals surface area contributed by atoms with Crippen molar-refractivity contribution in [3.8, 4) is 11.3 Å². The smallest absolute Gasteiger partial charge is 0.332 e. The summed E-state index contributed by atoms with van der Waals surface area (Å²) in [4.78, 5) is 29.8. The van der Waals surface area contributed by atoms with Gasteiger partial charge in [0.1, 0.15) is 5.69 Å². The average molecular weight is 492 g/mol. The molecule has 13 heteroatoms. The highest BCUT2D eigenvalue weighted by molar-refractivity contribution is 7.90. The molecule has 3 aromatic rings. The highest BCUT2D eigenvalue weighted by atomic mass is 32.2. The van der Waals surface area contributed by atoms with Crippen molar-refractivity contribution in [1.29, 1.82) is 0 Å². The molecule has 1 atom stereocenters. The van der Waals surface area contributed by atoms with Crippen molar-refractivity contribution in [3.63, 3.8) is 0 Å². The van der Waals surface area contributed by atoms with Crippen LogP contribution < -0.4 is 5.32 Å². The number of halogens is 2. The maximum Gasteiger partial charge on any atom is 0.332 e. The summed E-state index contributed by atoms with van der Waals surface area (Å²) in [5.74, 6) is -4.91. The lowest BCUT2D eigenvalue weighted by molar-refractivity contribution is -0.145. The van der Waals surface area contributed by atoms with Gasteiger partial charge in [0.2, 0.25) is 5.95 Å². The largest absolute Gasteiger partial charge is 0.478 e. The molecule has 0 saturated carbocycles. The molecule has 0 aliphatic rings. The van der Waals surface area contributed by atoms with E-state index in [-0.39, 0.29) is 0 Å². The zero-order valence-corrected chi connectivity index (χ0v) is 18.6. The summed E-state index contributed by atoms with van der Waals surface area (Å²) in [5.41, 5.74) is -1.06. The summed E-state index contributed by atoms with van der Waals surface area (Å²) in [6.45, 7) is 1.63. The van der Waals surface area contributed by atoms with Gasteiger partial charge in [0.05, 0.1) is 11.1 Å². The predicted molar refractivity (Wildman–Crippen MR) is 114 cm³/mol. The third kappa shape index (κ3) is 5.00. The first-order valence-electron chi connectivity index (χ1n) is 9.55. The van der Waals surface area contributed by atoms with E-state index < -0.39 is 61.8 Å². The molecule has 0 bridgehead atoms. The molecule has 3 rings (SSSR count). The van der Waals surface area contributed by atoms with E-state index >= 15 is 4.39 Å². The molecule has 3 heterocycles. The molecule has 0 radical (unpaired) electrons. The number of aromatic nitrogens is 3. The van der Waals surface area contributed by atoms with E-state index in [9.17, 15) is 22.4 Å². The Morgan fingerprint density at radius 1 is 1.21 bits per heavy atom. The van der Waals surface area contributed by atoms with Crippen LogP contribution in [0.5, 0.6) is 0 Å². The van der Waals surface area contributed by atoms with Gasteiger partial charge in [-0.1, -0.05) is 0 Å². The number of pyridine rings is 2. The molecule has 0 amide bonds. The van der Waals surface area contributed by atoms with Gasteiger partial charge in [-0.05, 0) is 43.8 Å². The zero-order valence-electron chi connectivity index (χ0n) is 17.8. The first-order chi connectivity index (χ1) is 16.1. The fourth-order valence-electron chi connectivity index (χ4n) is 2.98. The monoisotopic (exact) mass is 492 g/mol. The molecule has 0 spiro atoms. The van der Waals surface area contributed by atoms with Gasteiger partial charge in [0, 0.05) is 30.7 Å². The lowest BCUT2D eigenvalue weighted by Crippen LogP contribution is -2.23. The maximum atomic E-state index is 15.6. The predicted octanol–water partition coefficient (Wildman–Crippen LogP) is 2.17. The number of hydrogen-bond donors (Lipinski definition) is 2. The van der Waals surface area contributed by atoms with Crippen LogP contribution >= 0.6 is 0 Å². The van der Waals surface area contributed by atoms with Crippen LogP contribution in [0.15, 0.2) is 60.0 Å². The molecule has 0 fully saturated rings. The van der Waals surface area contributed by atoms with Gasteiger partial charge in [-0.3, -0.25) is 5.32 Å². The van der Waals surface area contributed by atoms with E-state index in [0.717, 1.165) is 18.5 Å². The van der Waals surface area contributed by atoms with Crippen LogP contribution in [0.1, 0.15) is 17.4 Å². The number of esters is 1. The number of nitrogens with one attached hydrogen (secondary N) is 1. The molecular weight excluding hydrogens is 474 g/mol. The lowest BCUT2D eigenvalue weighted by Gasteiger charge is -2.15. The Morgan fingerprint density at radius 2 is 1.94 bits per heavy atom.